The number of aromatic nitrogens is 6. The topological polar surface area (TPSA) is 175 Å². The van der Waals surface area contributed by atoms with Crippen molar-refractivity contribution in [3.63, 3.8) is 0 Å². The number of H-pyrrole nitrogens is 1. The van der Waals surface area contributed by atoms with Gasteiger partial charge in [0.15, 0.2) is 5.65 Å². The van der Waals surface area contributed by atoms with Crippen LogP contribution in [0.4, 0.5) is 5.69 Å². The summed E-state index contributed by atoms with van der Waals surface area (Å²) in [5.41, 5.74) is 8.55. The number of nitrogens with zero attached hydrogens (tertiary/aromatic N) is 7. The maximum absolute atomic E-state index is 12.7. The van der Waals surface area contributed by atoms with Crippen molar-refractivity contribution in [2.24, 2.45) is 5.92 Å². The predicted molar refractivity (Wildman–Crippen MR) is 216 cm³/mol. The first-order chi connectivity index (χ1) is 27.5. The Morgan fingerprint density at radius 1 is 1.00 bits per heavy atom. The SMILES string of the molecule is CC1CC(c2n[nH]c3ncc(-c4ccc(N5CCN(CCc6ccc(C7CCC(=O)NC7=O)cc6)CC5)cn4)cc23)=CC=C1CNC(=O)c1noc(C(C)(C)C)n1. The van der Waals surface area contributed by atoms with Crippen molar-refractivity contribution in [2.75, 3.05) is 44.2 Å². The summed E-state index contributed by atoms with van der Waals surface area (Å²) in [6.07, 6.45) is 10.6. The smallest absolute Gasteiger partial charge is 0.292 e. The van der Waals surface area contributed by atoms with Crippen LogP contribution in [0.1, 0.15) is 86.2 Å². The zero-order valence-corrected chi connectivity index (χ0v) is 32.8. The second-order valence-electron chi connectivity index (χ2n) is 16.3. The molecule has 2 aliphatic heterocycles. The number of piperidine rings is 1. The quantitative estimate of drug-likeness (QED) is 0.156. The number of anilines is 1. The molecule has 4 aromatic heterocycles. The number of amides is 3. The molecule has 3 N–H and O–H groups in total. The molecule has 0 radical (unpaired) electrons. The second kappa shape index (κ2) is 15.8. The third kappa shape index (κ3) is 8.41. The molecule has 14 heteroatoms. The van der Waals surface area contributed by atoms with E-state index in [2.05, 4.69) is 95.2 Å². The summed E-state index contributed by atoms with van der Waals surface area (Å²) in [5, 5.41) is 17.9. The van der Waals surface area contributed by atoms with E-state index in [-0.39, 0.29) is 40.8 Å². The van der Waals surface area contributed by atoms with Crippen LogP contribution in [0.15, 0.2) is 77.1 Å². The lowest BCUT2D eigenvalue weighted by molar-refractivity contribution is -0.134. The van der Waals surface area contributed by atoms with Gasteiger partial charge in [-0.3, -0.25) is 34.7 Å². The largest absolute Gasteiger partial charge is 0.368 e. The van der Waals surface area contributed by atoms with Crippen LogP contribution in [-0.4, -0.2) is 92.2 Å². The zero-order chi connectivity index (χ0) is 39.7. The summed E-state index contributed by atoms with van der Waals surface area (Å²) in [5.74, 6) is -0.339. The summed E-state index contributed by atoms with van der Waals surface area (Å²) in [6.45, 7) is 13.2. The molecule has 57 heavy (non-hydrogen) atoms. The number of imide groups is 1. The van der Waals surface area contributed by atoms with Crippen LogP contribution in [0.25, 0.3) is 27.9 Å². The van der Waals surface area contributed by atoms with Gasteiger partial charge in [0.1, 0.15) is 0 Å². The summed E-state index contributed by atoms with van der Waals surface area (Å²) < 4.78 is 5.28. The Hall–Kier alpha value is -6.02. The molecule has 0 bridgehead atoms. The average Bonchev–Trinajstić information content (AvgIpc) is 3.89. The second-order valence-corrected chi connectivity index (χ2v) is 16.3. The molecule has 294 valence electrons. The van der Waals surface area contributed by atoms with Crippen molar-refractivity contribution in [3.8, 4) is 11.3 Å². The first kappa shape index (κ1) is 37.9. The lowest BCUT2D eigenvalue weighted by atomic mass is 9.86. The van der Waals surface area contributed by atoms with Crippen molar-refractivity contribution >= 4 is 40.0 Å². The Labute approximate surface area is 331 Å². The molecule has 0 spiro atoms. The molecule has 3 aliphatic rings. The monoisotopic (exact) mass is 768 g/mol. The molecule has 2 fully saturated rings. The number of fused-ring (bicyclic) bond motifs is 1. The van der Waals surface area contributed by atoms with Crippen LogP contribution >= 0.6 is 0 Å². The number of carbonyl (C=O) groups is 3. The number of benzene rings is 1. The highest BCUT2D eigenvalue weighted by molar-refractivity contribution is 6.01. The number of hydrogen-bond acceptors (Lipinski definition) is 11. The van der Waals surface area contributed by atoms with E-state index in [9.17, 15) is 14.4 Å². The van der Waals surface area contributed by atoms with Gasteiger partial charge >= 0.3 is 0 Å². The molecule has 0 saturated carbocycles. The molecular weight excluding hydrogens is 721 g/mol. The molecular formula is C43H48N10O4. The highest BCUT2D eigenvalue weighted by Gasteiger charge is 2.28. The molecule has 6 heterocycles. The Morgan fingerprint density at radius 3 is 2.51 bits per heavy atom. The molecule has 1 aromatic carbocycles. The first-order valence-electron chi connectivity index (χ1n) is 19.7. The van der Waals surface area contributed by atoms with Gasteiger partial charge in [-0.25, -0.2) is 4.98 Å². The minimum absolute atomic E-state index is 0.0381. The normalized spacial score (nSPS) is 19.3. The summed E-state index contributed by atoms with van der Waals surface area (Å²) in [7, 11) is 0. The van der Waals surface area contributed by atoms with Crippen molar-refractivity contribution in [1.29, 1.82) is 0 Å². The van der Waals surface area contributed by atoms with Gasteiger partial charge in [-0.05, 0) is 65.7 Å². The number of allylic oxidation sites excluding steroid dienone is 3. The first-order valence-corrected chi connectivity index (χ1v) is 19.7. The fraction of sp³-hybridized carbons (Fsp3) is 0.395. The highest BCUT2D eigenvalue weighted by atomic mass is 16.5. The Kier molecular flexibility index (Phi) is 10.5. The molecule has 5 aromatic rings. The van der Waals surface area contributed by atoms with E-state index in [0.29, 0.717) is 25.3 Å². The number of pyridine rings is 2. The van der Waals surface area contributed by atoms with Crippen molar-refractivity contribution < 1.29 is 18.9 Å². The fourth-order valence-corrected chi connectivity index (χ4v) is 7.67. The average molecular weight is 769 g/mol. The van der Waals surface area contributed by atoms with Gasteiger partial charge in [-0.2, -0.15) is 10.1 Å². The number of piperazine rings is 1. The van der Waals surface area contributed by atoms with Gasteiger partial charge in [0.05, 0.1) is 29.2 Å². The standard InChI is InChI=1S/C43H48N10O4/c1-26-21-29(9-10-30(26)23-46-41(56)39-48-42(57-51-39)43(2,3)4)37-34-22-31(24-45-38(34)50-49-37)35-13-11-32(25-44-35)53-19-17-52(18-20-53)16-15-27-5-7-28(8-6-27)33-12-14-36(54)47-40(33)55/h5-11,13,22,24-26,33H,12,14-21,23H2,1-4H3,(H,46,56)(H,45,49,50)(H,47,54,55). The van der Waals surface area contributed by atoms with Crippen molar-refractivity contribution in [2.45, 2.75) is 64.7 Å². The number of rotatable bonds is 10. The number of hydrogen-bond donors (Lipinski definition) is 3. The molecule has 3 amide bonds. The summed E-state index contributed by atoms with van der Waals surface area (Å²) in [4.78, 5) is 55.2. The van der Waals surface area contributed by atoms with Crippen LogP contribution in [-0.2, 0) is 21.4 Å². The van der Waals surface area contributed by atoms with Gasteiger partial charge in [0, 0.05) is 68.3 Å². The molecule has 2 saturated heterocycles. The van der Waals surface area contributed by atoms with E-state index >= 15 is 0 Å². The van der Waals surface area contributed by atoms with E-state index in [1.54, 1.807) is 0 Å². The molecule has 2 unspecified atom stereocenters. The number of carbonyl (C=O) groups excluding carboxylic acids is 3. The maximum atomic E-state index is 12.7. The minimum Gasteiger partial charge on any atom is -0.368 e. The van der Waals surface area contributed by atoms with E-state index in [4.69, 9.17) is 9.51 Å². The van der Waals surface area contributed by atoms with Gasteiger partial charge in [0.2, 0.25) is 17.7 Å². The Morgan fingerprint density at radius 2 is 1.81 bits per heavy atom. The minimum atomic E-state index is -0.362. The third-order valence-electron chi connectivity index (χ3n) is 11.2. The lowest BCUT2D eigenvalue weighted by Crippen LogP contribution is -2.47. The van der Waals surface area contributed by atoms with Gasteiger partial charge < -0.3 is 14.7 Å². The lowest BCUT2D eigenvalue weighted by Gasteiger charge is -2.36. The Bertz CT molecular complexity index is 2350. The highest BCUT2D eigenvalue weighted by Crippen LogP contribution is 2.34. The predicted octanol–water partition coefficient (Wildman–Crippen LogP) is 5.36. The van der Waals surface area contributed by atoms with E-state index < -0.39 is 0 Å². The van der Waals surface area contributed by atoms with Crippen LogP contribution in [0.2, 0.25) is 0 Å². The van der Waals surface area contributed by atoms with Gasteiger partial charge in [0.25, 0.3) is 11.7 Å². The van der Waals surface area contributed by atoms with E-state index in [1.807, 2.05) is 45.3 Å². The molecule has 1 aliphatic carbocycles. The molecule has 8 rings (SSSR count). The maximum Gasteiger partial charge on any atom is 0.292 e. The Balaban J connectivity index is 0.849. The van der Waals surface area contributed by atoms with Crippen LogP contribution < -0.4 is 15.5 Å². The zero-order valence-electron chi connectivity index (χ0n) is 32.8. The van der Waals surface area contributed by atoms with Crippen molar-refractivity contribution in [3.05, 3.63) is 101 Å². The summed E-state index contributed by atoms with van der Waals surface area (Å²) >= 11 is 0. The van der Waals surface area contributed by atoms with E-state index in [1.165, 1.54) is 5.56 Å². The number of nitrogens with one attached hydrogen (secondary N) is 3. The van der Waals surface area contributed by atoms with E-state index in [0.717, 1.165) is 95.9 Å². The van der Waals surface area contributed by atoms with Crippen molar-refractivity contribution in [1.82, 2.24) is 45.8 Å². The fourth-order valence-electron chi connectivity index (χ4n) is 7.67. The third-order valence-corrected chi connectivity index (χ3v) is 11.2. The molecule has 14 nitrogen and oxygen atoms in total. The van der Waals surface area contributed by atoms with Crippen LogP contribution in [0.5, 0.6) is 0 Å². The number of aromatic amines is 1. The van der Waals surface area contributed by atoms with Gasteiger partial charge in [-0.15, -0.1) is 0 Å². The van der Waals surface area contributed by atoms with Crippen LogP contribution in [0, 0.1) is 5.92 Å². The molecule has 2 atom stereocenters. The van der Waals surface area contributed by atoms with Crippen LogP contribution in [0.3, 0.4) is 0 Å². The summed E-state index contributed by atoms with van der Waals surface area (Å²) in [6, 6.07) is 14.6. The van der Waals surface area contributed by atoms with Gasteiger partial charge in [-0.1, -0.05) is 69.3 Å².